The van der Waals surface area contributed by atoms with Gasteiger partial charge in [-0.3, -0.25) is 4.90 Å². The first-order chi connectivity index (χ1) is 8.98. The van der Waals surface area contributed by atoms with Crippen LogP contribution in [0.15, 0.2) is 0 Å². The molecule has 0 bridgehead atoms. The molecule has 3 unspecified atom stereocenters. The van der Waals surface area contributed by atoms with Crippen molar-refractivity contribution in [1.29, 1.82) is 0 Å². The van der Waals surface area contributed by atoms with E-state index in [9.17, 15) is 5.11 Å². The lowest BCUT2D eigenvalue weighted by Crippen LogP contribution is -2.51. The Kier molecular flexibility index (Phi) is 6.74. The van der Waals surface area contributed by atoms with E-state index in [1.807, 2.05) is 0 Å². The summed E-state index contributed by atoms with van der Waals surface area (Å²) in [4.78, 5) is 2.52. The molecule has 4 nitrogen and oxygen atoms in total. The lowest BCUT2D eigenvalue weighted by atomic mass is 9.97. The van der Waals surface area contributed by atoms with Gasteiger partial charge in [-0.05, 0) is 32.7 Å². The van der Waals surface area contributed by atoms with E-state index in [0.717, 1.165) is 32.4 Å². The molecule has 0 aromatic heterocycles. The summed E-state index contributed by atoms with van der Waals surface area (Å²) < 4.78 is 5.28. The number of hydrogen-bond donors (Lipinski definition) is 2. The number of aliphatic hydroxyl groups is 1. The number of nitrogens with one attached hydrogen (secondary N) is 1. The molecular formula is C15H32N2O2. The van der Waals surface area contributed by atoms with Gasteiger partial charge in [-0.1, -0.05) is 20.8 Å². The van der Waals surface area contributed by atoms with Gasteiger partial charge >= 0.3 is 0 Å². The highest BCUT2D eigenvalue weighted by atomic mass is 16.5. The molecule has 4 heteroatoms. The fourth-order valence-corrected chi connectivity index (χ4v) is 3.58. The van der Waals surface area contributed by atoms with Gasteiger partial charge < -0.3 is 15.2 Å². The van der Waals surface area contributed by atoms with Crippen molar-refractivity contribution in [2.75, 3.05) is 26.9 Å². The maximum absolute atomic E-state index is 9.77. The third kappa shape index (κ3) is 4.42. The summed E-state index contributed by atoms with van der Waals surface area (Å²) in [5, 5.41) is 13.4. The van der Waals surface area contributed by atoms with Gasteiger partial charge in [0.15, 0.2) is 0 Å². The molecule has 2 N–H and O–H groups in total. The van der Waals surface area contributed by atoms with Crippen molar-refractivity contribution in [2.45, 2.75) is 70.6 Å². The Labute approximate surface area is 118 Å². The lowest BCUT2D eigenvalue weighted by molar-refractivity contribution is 0.0676. The molecular weight excluding hydrogens is 240 g/mol. The summed E-state index contributed by atoms with van der Waals surface area (Å²) in [6.45, 7) is 10.8. The Balaban J connectivity index is 2.66. The Bertz CT molecular complexity index is 261. The fraction of sp³-hybridized carbons (Fsp3) is 1.00. The summed E-state index contributed by atoms with van der Waals surface area (Å²) in [6, 6.07) is 1.40. The molecule has 1 aliphatic rings. The molecule has 0 heterocycles. The van der Waals surface area contributed by atoms with Gasteiger partial charge in [-0.2, -0.15) is 0 Å². The Morgan fingerprint density at radius 1 is 1.42 bits per heavy atom. The van der Waals surface area contributed by atoms with Crippen LogP contribution >= 0.6 is 0 Å². The van der Waals surface area contributed by atoms with E-state index in [-0.39, 0.29) is 12.1 Å². The van der Waals surface area contributed by atoms with E-state index < -0.39 is 0 Å². The summed E-state index contributed by atoms with van der Waals surface area (Å²) in [5.74, 6) is 0. The molecule has 0 spiro atoms. The van der Waals surface area contributed by atoms with Crippen LogP contribution in [0.3, 0.4) is 0 Å². The third-order valence-corrected chi connectivity index (χ3v) is 4.29. The molecule has 3 atom stereocenters. The van der Waals surface area contributed by atoms with Gasteiger partial charge in [0.25, 0.3) is 0 Å². The van der Waals surface area contributed by atoms with Crippen LogP contribution in [-0.4, -0.2) is 60.5 Å². The van der Waals surface area contributed by atoms with Crippen LogP contribution in [0, 0.1) is 0 Å². The Morgan fingerprint density at radius 3 is 2.58 bits per heavy atom. The smallest absolute Gasteiger partial charge is 0.0615 e. The van der Waals surface area contributed by atoms with Gasteiger partial charge in [0.05, 0.1) is 13.2 Å². The lowest BCUT2D eigenvalue weighted by Gasteiger charge is -2.36. The second-order valence-electron chi connectivity index (χ2n) is 6.27. The summed E-state index contributed by atoms with van der Waals surface area (Å²) in [6.07, 6.45) is 3.24. The van der Waals surface area contributed by atoms with Crippen molar-refractivity contribution in [2.24, 2.45) is 0 Å². The molecule has 19 heavy (non-hydrogen) atoms. The summed E-state index contributed by atoms with van der Waals surface area (Å²) in [5.41, 5.74) is -0.0843. The average Bonchev–Trinajstić information content (AvgIpc) is 2.74. The van der Waals surface area contributed by atoms with Gasteiger partial charge in [-0.25, -0.2) is 0 Å². The van der Waals surface area contributed by atoms with Crippen molar-refractivity contribution < 1.29 is 9.84 Å². The molecule has 1 rings (SSSR count). The predicted octanol–water partition coefficient (Wildman–Crippen LogP) is 1.62. The molecule has 0 aromatic carbocycles. The van der Waals surface area contributed by atoms with E-state index >= 15 is 0 Å². The Hall–Kier alpha value is -0.160. The molecule has 114 valence electrons. The first-order valence-corrected chi connectivity index (χ1v) is 7.61. The maximum atomic E-state index is 9.77. The Morgan fingerprint density at radius 2 is 2.11 bits per heavy atom. The monoisotopic (exact) mass is 272 g/mol. The molecule has 0 saturated heterocycles. The first kappa shape index (κ1) is 16.9. The van der Waals surface area contributed by atoms with E-state index in [1.165, 1.54) is 0 Å². The van der Waals surface area contributed by atoms with Crippen LogP contribution in [0.4, 0.5) is 0 Å². The van der Waals surface area contributed by atoms with Crippen LogP contribution in [0.1, 0.15) is 47.0 Å². The number of likely N-dealkylation sites (N-methyl/N-ethyl adjacent to an activating group) is 1. The van der Waals surface area contributed by atoms with E-state index in [0.29, 0.717) is 18.1 Å². The van der Waals surface area contributed by atoms with Gasteiger partial charge in [0.2, 0.25) is 0 Å². The number of aliphatic hydroxyl groups excluding tert-OH is 1. The number of rotatable bonds is 8. The third-order valence-electron chi connectivity index (χ3n) is 4.29. The highest BCUT2D eigenvalue weighted by Gasteiger charge is 2.41. The number of hydrogen-bond acceptors (Lipinski definition) is 4. The van der Waals surface area contributed by atoms with Crippen molar-refractivity contribution >= 4 is 0 Å². The molecule has 0 aliphatic heterocycles. The van der Waals surface area contributed by atoms with Gasteiger partial charge in [-0.15, -0.1) is 0 Å². The highest BCUT2D eigenvalue weighted by Crippen LogP contribution is 2.34. The van der Waals surface area contributed by atoms with Crippen molar-refractivity contribution in [3.8, 4) is 0 Å². The zero-order valence-electron chi connectivity index (χ0n) is 13.3. The van der Waals surface area contributed by atoms with Crippen molar-refractivity contribution in [1.82, 2.24) is 10.2 Å². The zero-order valence-corrected chi connectivity index (χ0v) is 13.3. The average molecular weight is 272 g/mol. The summed E-state index contributed by atoms with van der Waals surface area (Å²) >= 11 is 0. The van der Waals surface area contributed by atoms with E-state index in [1.54, 1.807) is 7.11 Å². The van der Waals surface area contributed by atoms with E-state index in [2.05, 4.69) is 37.9 Å². The standard InChI is InChI=1S/C15H32N2O2/c1-6-17(13(4)10-19-5)14-7-8-15(9-14,11-18)16-12(2)3/h12-14,16,18H,6-11H2,1-5H3. The molecule has 1 fully saturated rings. The quantitative estimate of drug-likeness (QED) is 0.705. The van der Waals surface area contributed by atoms with Crippen LogP contribution < -0.4 is 5.32 Å². The fourth-order valence-electron chi connectivity index (χ4n) is 3.58. The minimum Gasteiger partial charge on any atom is -0.394 e. The van der Waals surface area contributed by atoms with Gasteiger partial charge in [0.1, 0.15) is 0 Å². The number of ether oxygens (including phenoxy) is 1. The second kappa shape index (κ2) is 7.58. The molecule has 0 aromatic rings. The largest absolute Gasteiger partial charge is 0.394 e. The predicted molar refractivity (Wildman–Crippen MR) is 79.4 cm³/mol. The maximum Gasteiger partial charge on any atom is 0.0615 e. The molecule has 0 radical (unpaired) electrons. The SMILES string of the molecule is CCN(C(C)COC)C1CCC(CO)(NC(C)C)C1. The van der Waals surface area contributed by atoms with Crippen LogP contribution in [0.25, 0.3) is 0 Å². The van der Waals surface area contributed by atoms with Gasteiger partial charge in [0, 0.05) is 30.8 Å². The molecule has 0 amide bonds. The summed E-state index contributed by atoms with van der Waals surface area (Å²) in [7, 11) is 1.76. The zero-order chi connectivity index (χ0) is 14.5. The highest BCUT2D eigenvalue weighted by molar-refractivity contribution is 5.00. The van der Waals surface area contributed by atoms with Crippen LogP contribution in [0.5, 0.6) is 0 Å². The molecule has 1 saturated carbocycles. The minimum absolute atomic E-state index is 0.0843. The van der Waals surface area contributed by atoms with Crippen molar-refractivity contribution in [3.63, 3.8) is 0 Å². The second-order valence-corrected chi connectivity index (χ2v) is 6.27. The van der Waals surface area contributed by atoms with Crippen molar-refractivity contribution in [3.05, 3.63) is 0 Å². The molecule has 1 aliphatic carbocycles. The number of methoxy groups -OCH3 is 1. The first-order valence-electron chi connectivity index (χ1n) is 7.61. The van der Waals surface area contributed by atoms with Crippen LogP contribution in [0.2, 0.25) is 0 Å². The normalized spacial score (nSPS) is 29.4. The minimum atomic E-state index is -0.0843. The topological polar surface area (TPSA) is 44.7 Å². The number of nitrogens with zero attached hydrogens (tertiary/aromatic N) is 1. The van der Waals surface area contributed by atoms with Crippen LogP contribution in [-0.2, 0) is 4.74 Å². The van der Waals surface area contributed by atoms with E-state index in [4.69, 9.17) is 4.74 Å².